The molecule has 0 unspecified atom stereocenters. The van der Waals surface area contributed by atoms with Crippen molar-refractivity contribution in [3.63, 3.8) is 0 Å². The van der Waals surface area contributed by atoms with E-state index in [1.54, 1.807) is 25.1 Å². The first-order valence-electron chi connectivity index (χ1n) is 7.78. The van der Waals surface area contributed by atoms with E-state index in [9.17, 15) is 13.2 Å². The van der Waals surface area contributed by atoms with Crippen molar-refractivity contribution < 1.29 is 17.4 Å². The summed E-state index contributed by atoms with van der Waals surface area (Å²) in [7, 11) is -0.314. The van der Waals surface area contributed by atoms with E-state index in [1.165, 1.54) is 6.08 Å². The van der Waals surface area contributed by atoms with E-state index in [0.717, 1.165) is 11.3 Å². The number of aryl methyl sites for hydroxylation is 2. The molecule has 6 heteroatoms. The Morgan fingerprint density at radius 1 is 1.04 bits per heavy atom. The summed E-state index contributed by atoms with van der Waals surface area (Å²) in [6, 6.07) is 10.7. The van der Waals surface area contributed by atoms with Crippen LogP contribution in [0.5, 0.6) is 5.75 Å². The lowest BCUT2D eigenvalue weighted by atomic mass is 9.99. The predicted molar refractivity (Wildman–Crippen MR) is 98.5 cm³/mol. The summed E-state index contributed by atoms with van der Waals surface area (Å²) in [5.74, 6) is -0.432. The Kier molecular flexibility index (Phi) is 4.16. The second-order valence-corrected chi connectivity index (χ2v) is 7.83. The van der Waals surface area contributed by atoms with Gasteiger partial charge >= 0.3 is 10.1 Å². The topological polar surface area (TPSA) is 63.7 Å². The Morgan fingerprint density at radius 3 is 2.28 bits per heavy atom. The van der Waals surface area contributed by atoms with Crippen molar-refractivity contribution in [1.82, 2.24) is 0 Å². The number of hydrogen-bond donors (Lipinski definition) is 0. The Hall–Kier alpha value is -2.60. The molecule has 2 aromatic carbocycles. The van der Waals surface area contributed by atoms with Crippen molar-refractivity contribution in [3.8, 4) is 5.75 Å². The summed E-state index contributed by atoms with van der Waals surface area (Å²) >= 11 is 0. The molecule has 3 rings (SSSR count). The lowest BCUT2D eigenvalue weighted by Crippen LogP contribution is -2.26. The van der Waals surface area contributed by atoms with E-state index in [-0.39, 0.29) is 10.7 Å². The van der Waals surface area contributed by atoms with Crippen LogP contribution in [0.4, 0.5) is 5.69 Å². The zero-order valence-electron chi connectivity index (χ0n) is 14.5. The highest BCUT2D eigenvalue weighted by Gasteiger charge is 2.37. The zero-order chi connectivity index (χ0) is 18.4. The van der Waals surface area contributed by atoms with Crippen LogP contribution in [0.2, 0.25) is 0 Å². The summed E-state index contributed by atoms with van der Waals surface area (Å²) in [6.07, 6.45) is 1.36. The van der Waals surface area contributed by atoms with Crippen LogP contribution in [0.3, 0.4) is 0 Å². The summed E-state index contributed by atoms with van der Waals surface area (Å²) in [5.41, 5.74) is 3.44. The van der Waals surface area contributed by atoms with E-state index < -0.39 is 15.9 Å². The maximum Gasteiger partial charge on any atom is 0.343 e. The SMILES string of the molecule is Cc1cc(C)c2c(c1)OS(=O)(=O)C(=Cc1ccc(N(C)C)cc1)C2=O. The lowest BCUT2D eigenvalue weighted by molar-refractivity contribution is 0.103. The molecule has 1 heterocycles. The van der Waals surface area contributed by atoms with Crippen molar-refractivity contribution >= 4 is 27.7 Å². The minimum atomic E-state index is -4.14. The van der Waals surface area contributed by atoms with E-state index in [2.05, 4.69) is 0 Å². The smallest absolute Gasteiger partial charge is 0.343 e. The molecule has 0 fully saturated rings. The Morgan fingerprint density at radius 2 is 1.68 bits per heavy atom. The van der Waals surface area contributed by atoms with Crippen LogP contribution in [-0.2, 0) is 10.1 Å². The molecule has 1 aliphatic heterocycles. The molecule has 2 aromatic rings. The number of hydrogen-bond acceptors (Lipinski definition) is 5. The van der Waals surface area contributed by atoms with Gasteiger partial charge in [0.15, 0.2) is 10.7 Å². The third kappa shape index (κ3) is 3.17. The monoisotopic (exact) mass is 357 g/mol. The van der Waals surface area contributed by atoms with Crippen molar-refractivity contribution in [2.75, 3.05) is 19.0 Å². The molecular formula is C19H19NO4S. The van der Waals surface area contributed by atoms with Crippen molar-refractivity contribution in [2.45, 2.75) is 13.8 Å². The van der Waals surface area contributed by atoms with Gasteiger partial charge in [0.1, 0.15) is 0 Å². The molecule has 0 N–H and O–H groups in total. The molecule has 0 atom stereocenters. The number of nitrogens with zero attached hydrogens (tertiary/aromatic N) is 1. The maximum atomic E-state index is 12.8. The van der Waals surface area contributed by atoms with Crippen molar-refractivity contribution in [1.29, 1.82) is 0 Å². The molecule has 0 saturated carbocycles. The van der Waals surface area contributed by atoms with Crippen LogP contribution < -0.4 is 9.08 Å². The average Bonchev–Trinajstić information content (AvgIpc) is 2.50. The van der Waals surface area contributed by atoms with Gasteiger partial charge in [0.2, 0.25) is 5.78 Å². The largest absolute Gasteiger partial charge is 0.378 e. The van der Waals surface area contributed by atoms with Gasteiger partial charge in [0.25, 0.3) is 0 Å². The highest BCUT2D eigenvalue weighted by molar-refractivity contribution is 7.92. The molecule has 0 aliphatic carbocycles. The van der Waals surface area contributed by atoms with Gasteiger partial charge in [-0.2, -0.15) is 8.42 Å². The number of rotatable bonds is 2. The third-order valence-corrected chi connectivity index (χ3v) is 5.31. The number of allylic oxidation sites excluding steroid dienone is 1. The van der Waals surface area contributed by atoms with Gasteiger partial charge in [-0.15, -0.1) is 0 Å². The molecule has 0 saturated heterocycles. The van der Waals surface area contributed by atoms with Crippen molar-refractivity contribution in [3.05, 3.63) is 63.6 Å². The van der Waals surface area contributed by atoms with Crippen molar-refractivity contribution in [2.24, 2.45) is 0 Å². The van der Waals surface area contributed by atoms with E-state index in [1.807, 2.05) is 44.1 Å². The van der Waals surface area contributed by atoms with Crippen LogP contribution in [0, 0.1) is 13.8 Å². The van der Waals surface area contributed by atoms with Gasteiger partial charge in [-0.05, 0) is 54.8 Å². The van der Waals surface area contributed by atoms with Gasteiger partial charge in [-0.25, -0.2) is 0 Å². The molecule has 0 spiro atoms. The molecule has 0 bridgehead atoms. The standard InChI is InChI=1S/C19H19NO4S/c1-12-9-13(2)18-16(10-12)24-25(22,23)17(19(18)21)11-14-5-7-15(8-6-14)20(3)4/h5-11H,1-4H3. The number of carbonyl (C=O) groups excluding carboxylic acids is 1. The summed E-state index contributed by atoms with van der Waals surface area (Å²) < 4.78 is 30.0. The molecule has 1 aliphatic rings. The van der Waals surface area contributed by atoms with Gasteiger partial charge in [-0.3, -0.25) is 4.79 Å². The van der Waals surface area contributed by atoms with E-state index in [0.29, 0.717) is 16.7 Å². The van der Waals surface area contributed by atoms with Crippen LogP contribution in [0.15, 0.2) is 41.3 Å². The maximum absolute atomic E-state index is 12.8. The number of fused-ring (bicyclic) bond motifs is 1. The lowest BCUT2D eigenvalue weighted by Gasteiger charge is -2.20. The molecule has 0 radical (unpaired) electrons. The van der Waals surface area contributed by atoms with Gasteiger partial charge < -0.3 is 9.08 Å². The Labute approximate surface area is 147 Å². The first-order chi connectivity index (χ1) is 11.7. The highest BCUT2D eigenvalue weighted by Crippen LogP contribution is 2.35. The van der Waals surface area contributed by atoms with Gasteiger partial charge in [0.05, 0.1) is 5.56 Å². The van der Waals surface area contributed by atoms with Crippen LogP contribution in [0.1, 0.15) is 27.0 Å². The quantitative estimate of drug-likeness (QED) is 0.609. The third-order valence-electron chi connectivity index (χ3n) is 4.07. The molecule has 0 aromatic heterocycles. The van der Waals surface area contributed by atoms with Crippen LogP contribution in [-0.4, -0.2) is 28.3 Å². The minimum absolute atomic E-state index is 0.0996. The number of ketones is 1. The van der Waals surface area contributed by atoms with E-state index in [4.69, 9.17) is 4.18 Å². The zero-order valence-corrected chi connectivity index (χ0v) is 15.3. The van der Waals surface area contributed by atoms with Gasteiger partial charge in [-0.1, -0.05) is 18.2 Å². The Balaban J connectivity index is 2.11. The normalized spacial score (nSPS) is 17.1. The first kappa shape index (κ1) is 17.2. The number of benzene rings is 2. The van der Waals surface area contributed by atoms with Gasteiger partial charge in [0, 0.05) is 19.8 Å². The number of Topliss-reactive ketones (excluding diaryl/α,β-unsaturated/α-hetero) is 1. The minimum Gasteiger partial charge on any atom is -0.378 e. The highest BCUT2D eigenvalue weighted by atomic mass is 32.2. The average molecular weight is 357 g/mol. The molecule has 5 nitrogen and oxygen atoms in total. The second-order valence-electron chi connectivity index (χ2n) is 6.32. The fourth-order valence-corrected chi connectivity index (χ4v) is 3.91. The Bertz CT molecular complexity index is 987. The molecule has 130 valence electrons. The van der Waals surface area contributed by atoms with Crippen LogP contribution in [0.25, 0.3) is 6.08 Å². The molecular weight excluding hydrogens is 338 g/mol. The van der Waals surface area contributed by atoms with Crippen LogP contribution >= 0.6 is 0 Å². The second kappa shape index (κ2) is 6.04. The summed E-state index contributed by atoms with van der Waals surface area (Å²) in [6.45, 7) is 3.60. The summed E-state index contributed by atoms with van der Waals surface area (Å²) in [5, 5.41) is 0. The molecule has 0 amide bonds. The number of carbonyl (C=O) groups is 1. The fraction of sp³-hybridized carbons (Fsp3) is 0.211. The first-order valence-corrected chi connectivity index (χ1v) is 9.19. The molecule has 25 heavy (non-hydrogen) atoms. The van der Waals surface area contributed by atoms with E-state index >= 15 is 0 Å². The predicted octanol–water partition coefficient (Wildman–Crippen LogP) is 3.32. The fourth-order valence-electron chi connectivity index (χ4n) is 2.84. The number of anilines is 1. The summed E-state index contributed by atoms with van der Waals surface area (Å²) in [4.78, 5) is 14.4.